The predicted octanol–water partition coefficient (Wildman–Crippen LogP) is 9.94. The van der Waals surface area contributed by atoms with Crippen LogP contribution in [-0.4, -0.2) is 88.1 Å². The van der Waals surface area contributed by atoms with Crippen LogP contribution in [0, 0.1) is 0 Å². The van der Waals surface area contributed by atoms with Crippen LogP contribution in [0.3, 0.4) is 0 Å². The average molecular weight is 879 g/mol. The Balaban J connectivity index is 4.55. The maximum atomic E-state index is 12.6. The summed E-state index contributed by atoms with van der Waals surface area (Å²) in [5.74, 6) is -1.13. The number of phosphoric acid groups is 1. The van der Waals surface area contributed by atoms with Gasteiger partial charge in [-0.15, -0.1) is 0 Å². The Kier molecular flexibility index (Phi) is 39.9. The van der Waals surface area contributed by atoms with E-state index in [2.05, 4.69) is 35.8 Å². The SMILES string of the molecule is CC/C=C\C[C@@H](O)/C=C/C=C\C/C=C\C=C\[C@@H](O)/C=C\CCCC(=O)OC[C@H](COP(=O)(O)OC[C@@H](O)CO)OC(=O)CCCCCCCCC/C=C\C/C=C\CCCCC. The predicted molar refractivity (Wildman–Crippen MR) is 244 cm³/mol. The summed E-state index contributed by atoms with van der Waals surface area (Å²) in [5.41, 5.74) is 0. The second-order valence-electron chi connectivity index (χ2n) is 14.7. The second-order valence-corrected chi connectivity index (χ2v) is 16.2. The van der Waals surface area contributed by atoms with Gasteiger partial charge in [0.05, 0.1) is 32.0 Å². The first-order valence-electron chi connectivity index (χ1n) is 22.4. The number of aliphatic hydroxyl groups excluding tert-OH is 4. The fourth-order valence-electron chi connectivity index (χ4n) is 5.41. The highest BCUT2D eigenvalue weighted by molar-refractivity contribution is 7.47. The Morgan fingerprint density at radius 1 is 0.590 bits per heavy atom. The molecular weight excluding hydrogens is 799 g/mol. The van der Waals surface area contributed by atoms with E-state index >= 15 is 0 Å². The minimum Gasteiger partial charge on any atom is -0.462 e. The summed E-state index contributed by atoms with van der Waals surface area (Å²) in [6.07, 6.45) is 44.4. The van der Waals surface area contributed by atoms with Gasteiger partial charge in [0, 0.05) is 12.8 Å². The quantitative estimate of drug-likeness (QED) is 0.0129. The molecule has 0 saturated heterocycles. The molecule has 1 unspecified atom stereocenters. The van der Waals surface area contributed by atoms with Crippen LogP contribution in [0.1, 0.15) is 142 Å². The fourth-order valence-corrected chi connectivity index (χ4v) is 6.20. The maximum Gasteiger partial charge on any atom is 0.472 e. The van der Waals surface area contributed by atoms with E-state index in [-0.39, 0.29) is 12.8 Å². The zero-order valence-electron chi connectivity index (χ0n) is 37.1. The number of ether oxygens (including phenoxy) is 2. The molecule has 0 fully saturated rings. The van der Waals surface area contributed by atoms with Gasteiger partial charge in [-0.2, -0.15) is 0 Å². The molecule has 0 bridgehead atoms. The van der Waals surface area contributed by atoms with Gasteiger partial charge in [-0.05, 0) is 70.6 Å². The normalized spacial score (nSPS) is 15.7. The van der Waals surface area contributed by atoms with Crippen LogP contribution in [0.5, 0.6) is 0 Å². The van der Waals surface area contributed by atoms with Crippen molar-refractivity contribution in [3.63, 3.8) is 0 Å². The zero-order chi connectivity index (χ0) is 45.1. The molecule has 61 heavy (non-hydrogen) atoms. The highest BCUT2D eigenvalue weighted by Crippen LogP contribution is 2.43. The molecule has 0 radical (unpaired) electrons. The van der Waals surface area contributed by atoms with Crippen LogP contribution in [-0.2, 0) is 32.7 Å². The van der Waals surface area contributed by atoms with Gasteiger partial charge in [-0.3, -0.25) is 18.6 Å². The zero-order valence-corrected chi connectivity index (χ0v) is 38.0. The lowest BCUT2D eigenvalue weighted by Gasteiger charge is -2.20. The third-order valence-corrected chi connectivity index (χ3v) is 9.85. The second kappa shape index (κ2) is 42.1. The molecule has 348 valence electrons. The summed E-state index contributed by atoms with van der Waals surface area (Å²) < 4.78 is 32.6. The Bertz CT molecular complexity index is 1370. The van der Waals surface area contributed by atoms with E-state index in [1.54, 1.807) is 30.4 Å². The van der Waals surface area contributed by atoms with Gasteiger partial charge >= 0.3 is 19.8 Å². The highest BCUT2D eigenvalue weighted by Gasteiger charge is 2.27. The van der Waals surface area contributed by atoms with Gasteiger partial charge in [0.25, 0.3) is 0 Å². The van der Waals surface area contributed by atoms with Crippen molar-refractivity contribution in [3.8, 4) is 0 Å². The number of esters is 2. The van der Waals surface area contributed by atoms with Gasteiger partial charge in [-0.25, -0.2) is 4.57 Å². The van der Waals surface area contributed by atoms with E-state index in [0.717, 1.165) is 57.8 Å². The topological polar surface area (TPSA) is 189 Å². The molecule has 0 amide bonds. The van der Waals surface area contributed by atoms with E-state index in [9.17, 15) is 34.4 Å². The number of rotatable bonds is 40. The number of carbonyl (C=O) groups is 2. The molecule has 0 aliphatic heterocycles. The molecule has 0 heterocycles. The number of allylic oxidation sites excluding steroid dienone is 12. The number of unbranched alkanes of at least 4 members (excludes halogenated alkanes) is 11. The molecule has 5 atom stereocenters. The first-order valence-corrected chi connectivity index (χ1v) is 23.9. The minimum atomic E-state index is -4.68. The number of phosphoric ester groups is 1. The smallest absolute Gasteiger partial charge is 0.462 e. The summed E-state index contributed by atoms with van der Waals surface area (Å²) in [4.78, 5) is 35.0. The molecule has 13 heteroatoms. The van der Waals surface area contributed by atoms with Crippen molar-refractivity contribution in [2.75, 3.05) is 26.4 Å². The molecule has 0 aliphatic carbocycles. The standard InChI is InChI=1S/C48H79O12P/c1-3-5-7-8-9-10-11-12-13-14-15-16-17-18-22-25-31-38-48(54)60-46(42-59-61(55,56)58-40-45(52)39-49)41-57-47(53)37-32-26-30-36-44(51)35-29-24-21-19-20-23-28-34-43(50)33-27-6-4-2/h6,9-10,12-13,20-21,23-24,27-30,34-36,43-46,49-52H,3-5,7-8,11,14-19,22,25-26,31-33,37-42H2,1-2H3,(H,55,56)/b10-9-,13-12-,23-20-,24-21-,27-6-,34-28+,35-29+,36-30-/t43-,44-,45+,46-/m1/s1. The lowest BCUT2D eigenvalue weighted by atomic mass is 10.1. The lowest BCUT2D eigenvalue weighted by molar-refractivity contribution is -0.161. The summed E-state index contributed by atoms with van der Waals surface area (Å²) in [6.45, 7) is 1.92. The monoisotopic (exact) mass is 879 g/mol. The Hall–Kier alpha value is -3.19. The summed E-state index contributed by atoms with van der Waals surface area (Å²) in [5, 5.41) is 38.3. The van der Waals surface area contributed by atoms with Crippen molar-refractivity contribution in [1.29, 1.82) is 0 Å². The number of carbonyl (C=O) groups excluding carboxylic acids is 2. The Morgan fingerprint density at radius 2 is 1.18 bits per heavy atom. The van der Waals surface area contributed by atoms with Crippen LogP contribution in [0.25, 0.3) is 0 Å². The van der Waals surface area contributed by atoms with Crippen LogP contribution >= 0.6 is 7.82 Å². The molecule has 0 spiro atoms. The van der Waals surface area contributed by atoms with Crippen LogP contribution in [0.15, 0.2) is 97.2 Å². The average Bonchev–Trinajstić information content (AvgIpc) is 3.24. The fraction of sp³-hybridized carbons (Fsp3) is 0.625. The van der Waals surface area contributed by atoms with Crippen LogP contribution in [0.2, 0.25) is 0 Å². The van der Waals surface area contributed by atoms with Crippen molar-refractivity contribution in [1.82, 2.24) is 0 Å². The first kappa shape index (κ1) is 57.8. The molecule has 0 aromatic rings. The molecule has 0 saturated carbocycles. The van der Waals surface area contributed by atoms with Crippen molar-refractivity contribution < 1.29 is 58.0 Å². The van der Waals surface area contributed by atoms with E-state index in [0.29, 0.717) is 32.1 Å². The first-order chi connectivity index (χ1) is 29.5. The van der Waals surface area contributed by atoms with E-state index in [1.165, 1.54) is 25.7 Å². The number of hydrogen-bond acceptors (Lipinski definition) is 11. The molecule has 0 aromatic heterocycles. The summed E-state index contributed by atoms with van der Waals surface area (Å²) in [7, 11) is -4.68. The molecule has 0 aromatic carbocycles. The Labute approximate surface area is 367 Å². The molecule has 0 aliphatic rings. The lowest BCUT2D eigenvalue weighted by Crippen LogP contribution is -2.29. The van der Waals surface area contributed by atoms with Crippen molar-refractivity contribution >= 4 is 19.8 Å². The molecule has 12 nitrogen and oxygen atoms in total. The van der Waals surface area contributed by atoms with Crippen LogP contribution in [0.4, 0.5) is 0 Å². The van der Waals surface area contributed by atoms with Crippen LogP contribution < -0.4 is 0 Å². The van der Waals surface area contributed by atoms with Gasteiger partial charge < -0.3 is 34.8 Å². The summed E-state index contributed by atoms with van der Waals surface area (Å²) in [6, 6.07) is 0. The van der Waals surface area contributed by atoms with Gasteiger partial charge in [0.1, 0.15) is 12.7 Å². The number of aliphatic hydroxyl groups is 4. The molecular formula is C48H79O12P. The van der Waals surface area contributed by atoms with Crippen molar-refractivity contribution in [2.24, 2.45) is 0 Å². The van der Waals surface area contributed by atoms with Gasteiger partial charge in [-0.1, -0.05) is 156 Å². The number of hydrogen-bond donors (Lipinski definition) is 5. The maximum absolute atomic E-state index is 12.6. The van der Waals surface area contributed by atoms with Crippen molar-refractivity contribution in [3.05, 3.63) is 97.2 Å². The van der Waals surface area contributed by atoms with E-state index < -0.39 is 70.6 Å². The van der Waals surface area contributed by atoms with Gasteiger partial charge in [0.15, 0.2) is 6.10 Å². The van der Waals surface area contributed by atoms with E-state index in [1.807, 2.05) is 49.5 Å². The largest absolute Gasteiger partial charge is 0.472 e. The Morgan fingerprint density at radius 3 is 1.85 bits per heavy atom. The molecule has 0 rings (SSSR count). The molecule has 5 N–H and O–H groups in total. The van der Waals surface area contributed by atoms with E-state index in [4.69, 9.17) is 19.1 Å². The minimum absolute atomic E-state index is 0.0479. The third-order valence-electron chi connectivity index (χ3n) is 8.90. The van der Waals surface area contributed by atoms with Crippen molar-refractivity contribution in [2.45, 2.75) is 167 Å². The summed E-state index contributed by atoms with van der Waals surface area (Å²) >= 11 is 0. The third kappa shape index (κ3) is 41.9. The van der Waals surface area contributed by atoms with Gasteiger partial charge in [0.2, 0.25) is 0 Å². The highest BCUT2D eigenvalue weighted by atomic mass is 31.2.